The quantitative estimate of drug-likeness (QED) is 0.172. The number of likely N-dealkylation sites (N-methyl/N-ethyl adjacent to an activating group) is 1. The van der Waals surface area contributed by atoms with E-state index in [1.807, 2.05) is 0 Å². The van der Waals surface area contributed by atoms with E-state index in [1.54, 1.807) is 0 Å². The Hall–Kier alpha value is -0.300. The molecule has 24 heavy (non-hydrogen) atoms. The lowest BCUT2D eigenvalue weighted by Gasteiger charge is -2.20. The molecule has 0 fully saturated rings. The number of hydrogen-bond donors (Lipinski definition) is 0. The van der Waals surface area contributed by atoms with Crippen molar-refractivity contribution in [2.45, 2.75) is 122 Å². The van der Waals surface area contributed by atoms with E-state index < -0.39 is 0 Å². The molecule has 1 heteroatoms. The van der Waals surface area contributed by atoms with Crippen molar-refractivity contribution in [2.75, 3.05) is 14.1 Å². The first-order valence-corrected chi connectivity index (χ1v) is 11.0. The van der Waals surface area contributed by atoms with Gasteiger partial charge in [0.25, 0.3) is 0 Å². The van der Waals surface area contributed by atoms with Gasteiger partial charge in [-0.3, -0.25) is 0 Å². The normalized spacial score (nSPS) is 12.7. The molecule has 0 rings (SSSR count). The van der Waals surface area contributed by atoms with Crippen LogP contribution in [0.15, 0.2) is 12.7 Å². The summed E-state index contributed by atoms with van der Waals surface area (Å²) in [6.45, 7) is 6.23. The highest BCUT2D eigenvalue weighted by molar-refractivity contribution is 4.84. The fourth-order valence-corrected chi connectivity index (χ4v) is 3.49. The second-order valence-electron chi connectivity index (χ2n) is 7.86. The molecule has 0 aliphatic heterocycles. The summed E-state index contributed by atoms with van der Waals surface area (Å²) in [5.41, 5.74) is 0. The zero-order chi connectivity index (χ0) is 17.9. The molecule has 0 aliphatic rings. The van der Waals surface area contributed by atoms with Crippen LogP contribution in [0.5, 0.6) is 0 Å². The standard InChI is InChI=1S/C23H47N/c1-5-7-8-9-10-11-12-13-14-15-16-17-18-19-20-21-22-23(6-2)24(3)4/h6,23H,2,5,7-22H2,1,3-4H3. The van der Waals surface area contributed by atoms with E-state index >= 15 is 0 Å². The third-order valence-electron chi connectivity index (χ3n) is 5.29. The lowest BCUT2D eigenvalue weighted by molar-refractivity contribution is 0.319. The Kier molecular flexibility index (Phi) is 18.8. The van der Waals surface area contributed by atoms with E-state index in [1.165, 1.54) is 109 Å². The van der Waals surface area contributed by atoms with Gasteiger partial charge in [0.2, 0.25) is 0 Å². The van der Waals surface area contributed by atoms with Crippen molar-refractivity contribution in [1.29, 1.82) is 0 Å². The largest absolute Gasteiger partial charge is 0.303 e. The van der Waals surface area contributed by atoms with Crippen LogP contribution in [0.25, 0.3) is 0 Å². The van der Waals surface area contributed by atoms with Crippen LogP contribution in [0, 0.1) is 0 Å². The van der Waals surface area contributed by atoms with Crippen LogP contribution in [0.4, 0.5) is 0 Å². The van der Waals surface area contributed by atoms with E-state index in [0.29, 0.717) is 6.04 Å². The van der Waals surface area contributed by atoms with Crippen LogP contribution in [-0.2, 0) is 0 Å². The van der Waals surface area contributed by atoms with Crippen molar-refractivity contribution in [3.8, 4) is 0 Å². The Labute approximate surface area is 154 Å². The minimum absolute atomic E-state index is 0.566. The SMILES string of the molecule is C=CC(CCCCCCCCCCCCCCCCCC)N(C)C. The van der Waals surface area contributed by atoms with Crippen molar-refractivity contribution in [3.05, 3.63) is 12.7 Å². The third-order valence-corrected chi connectivity index (χ3v) is 5.29. The molecule has 0 saturated carbocycles. The number of hydrogen-bond acceptors (Lipinski definition) is 1. The molecule has 1 nitrogen and oxygen atoms in total. The zero-order valence-electron chi connectivity index (χ0n) is 17.3. The summed E-state index contributed by atoms with van der Waals surface area (Å²) in [5.74, 6) is 0. The first-order valence-electron chi connectivity index (χ1n) is 11.0. The molecular formula is C23H47N. The Morgan fingerprint density at radius 1 is 0.625 bits per heavy atom. The van der Waals surface area contributed by atoms with Gasteiger partial charge in [-0.05, 0) is 20.5 Å². The van der Waals surface area contributed by atoms with Gasteiger partial charge in [0.1, 0.15) is 0 Å². The van der Waals surface area contributed by atoms with E-state index in [2.05, 4.69) is 38.6 Å². The topological polar surface area (TPSA) is 3.24 Å². The van der Waals surface area contributed by atoms with Gasteiger partial charge in [-0.2, -0.15) is 0 Å². The summed E-state index contributed by atoms with van der Waals surface area (Å²) < 4.78 is 0. The van der Waals surface area contributed by atoms with Crippen molar-refractivity contribution in [3.63, 3.8) is 0 Å². The fraction of sp³-hybridized carbons (Fsp3) is 0.913. The van der Waals surface area contributed by atoms with Crippen molar-refractivity contribution >= 4 is 0 Å². The van der Waals surface area contributed by atoms with Crippen LogP contribution in [0.3, 0.4) is 0 Å². The third kappa shape index (κ3) is 16.6. The molecule has 0 aromatic rings. The predicted octanol–water partition coefficient (Wildman–Crippen LogP) is 7.75. The molecule has 0 bridgehead atoms. The van der Waals surface area contributed by atoms with E-state index in [-0.39, 0.29) is 0 Å². The first-order chi connectivity index (χ1) is 11.7. The number of unbranched alkanes of at least 4 members (excludes halogenated alkanes) is 15. The van der Waals surface area contributed by atoms with Gasteiger partial charge in [0, 0.05) is 6.04 Å². The molecule has 0 N–H and O–H groups in total. The molecule has 1 unspecified atom stereocenters. The highest BCUT2D eigenvalue weighted by atomic mass is 15.1. The van der Waals surface area contributed by atoms with Gasteiger partial charge >= 0.3 is 0 Å². The van der Waals surface area contributed by atoms with Crippen LogP contribution in [0.2, 0.25) is 0 Å². The summed E-state index contributed by atoms with van der Waals surface area (Å²) in [6, 6.07) is 0.566. The van der Waals surface area contributed by atoms with Gasteiger partial charge in [0.05, 0.1) is 0 Å². The summed E-state index contributed by atoms with van der Waals surface area (Å²) in [4.78, 5) is 2.28. The highest BCUT2D eigenvalue weighted by Crippen LogP contribution is 2.15. The van der Waals surface area contributed by atoms with Gasteiger partial charge in [-0.15, -0.1) is 6.58 Å². The maximum Gasteiger partial charge on any atom is 0.0269 e. The molecule has 0 aliphatic carbocycles. The lowest BCUT2D eigenvalue weighted by Crippen LogP contribution is -2.25. The maximum absolute atomic E-state index is 3.93. The Morgan fingerprint density at radius 2 is 0.958 bits per heavy atom. The summed E-state index contributed by atoms with van der Waals surface area (Å²) >= 11 is 0. The Morgan fingerprint density at radius 3 is 1.25 bits per heavy atom. The summed E-state index contributed by atoms with van der Waals surface area (Å²) in [7, 11) is 4.30. The van der Waals surface area contributed by atoms with Gasteiger partial charge in [0.15, 0.2) is 0 Å². The van der Waals surface area contributed by atoms with Crippen molar-refractivity contribution in [1.82, 2.24) is 4.90 Å². The van der Waals surface area contributed by atoms with Gasteiger partial charge in [-0.1, -0.05) is 116 Å². The molecule has 144 valence electrons. The molecular weight excluding hydrogens is 290 g/mol. The van der Waals surface area contributed by atoms with E-state index in [0.717, 1.165) is 0 Å². The molecule has 0 aromatic carbocycles. The average Bonchev–Trinajstić information content (AvgIpc) is 2.57. The van der Waals surface area contributed by atoms with Crippen LogP contribution in [0.1, 0.15) is 116 Å². The van der Waals surface area contributed by atoms with Crippen molar-refractivity contribution < 1.29 is 0 Å². The first kappa shape index (κ1) is 23.7. The molecule has 0 spiro atoms. The maximum atomic E-state index is 3.93. The molecule has 0 saturated heterocycles. The van der Waals surface area contributed by atoms with Crippen LogP contribution in [-0.4, -0.2) is 25.0 Å². The smallest absolute Gasteiger partial charge is 0.0269 e. The second-order valence-corrected chi connectivity index (χ2v) is 7.86. The number of rotatable bonds is 19. The molecule has 0 aromatic heterocycles. The van der Waals surface area contributed by atoms with Crippen LogP contribution < -0.4 is 0 Å². The van der Waals surface area contributed by atoms with E-state index in [4.69, 9.17) is 0 Å². The van der Waals surface area contributed by atoms with Crippen LogP contribution >= 0.6 is 0 Å². The summed E-state index contributed by atoms with van der Waals surface area (Å²) in [5, 5.41) is 0. The highest BCUT2D eigenvalue weighted by Gasteiger charge is 2.05. The molecule has 0 radical (unpaired) electrons. The van der Waals surface area contributed by atoms with Gasteiger partial charge in [-0.25, -0.2) is 0 Å². The van der Waals surface area contributed by atoms with Gasteiger partial charge < -0.3 is 4.90 Å². The lowest BCUT2D eigenvalue weighted by atomic mass is 10.0. The molecule has 0 heterocycles. The second kappa shape index (κ2) is 19.0. The Balaban J connectivity index is 3.11. The summed E-state index contributed by atoms with van der Waals surface area (Å²) in [6.07, 6.45) is 26.5. The Bertz CT molecular complexity index is 246. The van der Waals surface area contributed by atoms with Crippen molar-refractivity contribution in [2.24, 2.45) is 0 Å². The minimum atomic E-state index is 0.566. The molecule has 0 amide bonds. The monoisotopic (exact) mass is 337 g/mol. The average molecular weight is 338 g/mol. The predicted molar refractivity (Wildman–Crippen MR) is 112 cm³/mol. The number of nitrogens with zero attached hydrogens (tertiary/aromatic N) is 1. The minimum Gasteiger partial charge on any atom is -0.303 e. The zero-order valence-corrected chi connectivity index (χ0v) is 17.3. The fourth-order valence-electron chi connectivity index (χ4n) is 3.49. The van der Waals surface area contributed by atoms with E-state index in [9.17, 15) is 0 Å². The molecule has 1 atom stereocenters.